The molecule has 1 fully saturated rings. The lowest BCUT2D eigenvalue weighted by Crippen LogP contribution is -2.48. The van der Waals surface area contributed by atoms with E-state index in [-0.39, 0.29) is 24.6 Å². The topological polar surface area (TPSA) is 73.6 Å². The van der Waals surface area contributed by atoms with Crippen LogP contribution in [-0.4, -0.2) is 44.9 Å². The molecule has 0 aliphatic heterocycles. The molecule has 0 aromatic rings. The maximum absolute atomic E-state index is 11.6. The number of hydrogen-bond acceptors (Lipinski definition) is 4. The summed E-state index contributed by atoms with van der Waals surface area (Å²) in [6, 6.07) is 0.191. The van der Waals surface area contributed by atoms with Crippen LogP contribution in [0.3, 0.4) is 0 Å². The molecule has 2 atom stereocenters. The molecule has 0 aromatic heterocycles. The van der Waals surface area contributed by atoms with Gasteiger partial charge in [0, 0.05) is 19.2 Å². The summed E-state index contributed by atoms with van der Waals surface area (Å²) in [5.74, 6) is -0.0801. The number of ether oxygens (including phenoxy) is 2. The molecule has 0 spiro atoms. The van der Waals surface area contributed by atoms with Crippen molar-refractivity contribution in [3.05, 3.63) is 0 Å². The third kappa shape index (κ3) is 6.00. The van der Waals surface area contributed by atoms with E-state index >= 15 is 0 Å². The molecule has 0 heterocycles. The average molecular weight is 244 g/mol. The van der Waals surface area contributed by atoms with Gasteiger partial charge in [0.15, 0.2) is 0 Å². The summed E-state index contributed by atoms with van der Waals surface area (Å²) in [6.07, 6.45) is 5.49. The first-order valence-corrected chi connectivity index (χ1v) is 6.35. The number of hydrogen-bond donors (Lipinski definition) is 2. The quantitative estimate of drug-likeness (QED) is 0.525. The summed E-state index contributed by atoms with van der Waals surface area (Å²) in [7, 11) is 1.61. The van der Waals surface area contributed by atoms with Crippen molar-refractivity contribution in [1.29, 1.82) is 0 Å². The summed E-state index contributed by atoms with van der Waals surface area (Å²) in [5.41, 5.74) is 6.03. The smallest absolute Gasteiger partial charge is 0.246 e. The summed E-state index contributed by atoms with van der Waals surface area (Å²) in [5, 5.41) is 2.96. The summed E-state index contributed by atoms with van der Waals surface area (Å²) >= 11 is 0. The first-order valence-electron chi connectivity index (χ1n) is 6.35. The predicted molar refractivity (Wildman–Crippen MR) is 65.7 cm³/mol. The minimum Gasteiger partial charge on any atom is -0.382 e. The van der Waals surface area contributed by atoms with Gasteiger partial charge < -0.3 is 20.5 Å². The Bertz CT molecular complexity index is 224. The van der Waals surface area contributed by atoms with Gasteiger partial charge in [0.25, 0.3) is 0 Å². The van der Waals surface area contributed by atoms with E-state index < -0.39 is 0 Å². The molecule has 0 aromatic carbocycles. The minimum absolute atomic E-state index is 0.0801. The zero-order chi connectivity index (χ0) is 12.5. The maximum Gasteiger partial charge on any atom is 0.246 e. The van der Waals surface area contributed by atoms with Crippen LogP contribution in [0.15, 0.2) is 0 Å². The van der Waals surface area contributed by atoms with E-state index in [0.29, 0.717) is 13.2 Å². The Hall–Kier alpha value is -0.650. The van der Waals surface area contributed by atoms with E-state index in [1.54, 1.807) is 7.11 Å². The Kier molecular flexibility index (Phi) is 7.16. The van der Waals surface area contributed by atoms with Crippen LogP contribution in [-0.2, 0) is 14.3 Å². The molecule has 0 saturated heterocycles. The zero-order valence-electron chi connectivity index (χ0n) is 10.6. The number of methoxy groups -OCH3 is 1. The molecule has 3 N–H and O–H groups in total. The Labute approximate surface area is 103 Å². The molecule has 0 radical (unpaired) electrons. The third-order valence-corrected chi connectivity index (χ3v) is 3.08. The van der Waals surface area contributed by atoms with Crippen LogP contribution >= 0.6 is 0 Å². The Morgan fingerprint density at radius 1 is 1.29 bits per heavy atom. The number of nitrogens with two attached hydrogens (primary N) is 1. The van der Waals surface area contributed by atoms with Crippen molar-refractivity contribution in [2.24, 2.45) is 5.73 Å². The average Bonchev–Trinajstić information content (AvgIpc) is 2.51. The van der Waals surface area contributed by atoms with Gasteiger partial charge in [0.2, 0.25) is 5.91 Å². The second-order valence-corrected chi connectivity index (χ2v) is 4.52. The van der Waals surface area contributed by atoms with E-state index in [1.165, 1.54) is 6.42 Å². The summed E-state index contributed by atoms with van der Waals surface area (Å²) in [6.45, 7) is 1.05. The van der Waals surface area contributed by atoms with Gasteiger partial charge in [-0.05, 0) is 12.8 Å². The van der Waals surface area contributed by atoms with Crippen LogP contribution in [0.25, 0.3) is 0 Å². The molecule has 1 aliphatic carbocycles. The number of nitrogens with one attached hydrogen (secondary N) is 1. The molecule has 1 rings (SSSR count). The normalized spacial score (nSPS) is 25.3. The van der Waals surface area contributed by atoms with Crippen LogP contribution < -0.4 is 11.1 Å². The van der Waals surface area contributed by atoms with Crippen molar-refractivity contribution >= 4 is 5.91 Å². The highest BCUT2D eigenvalue weighted by molar-refractivity contribution is 5.77. The van der Waals surface area contributed by atoms with E-state index in [0.717, 1.165) is 25.7 Å². The SMILES string of the molecule is COCCOCC(=O)NC1CCCCCC1N. The van der Waals surface area contributed by atoms with Crippen molar-refractivity contribution < 1.29 is 14.3 Å². The highest BCUT2D eigenvalue weighted by Gasteiger charge is 2.21. The first kappa shape index (κ1) is 14.4. The number of carbonyl (C=O) groups excluding carboxylic acids is 1. The van der Waals surface area contributed by atoms with E-state index in [4.69, 9.17) is 15.2 Å². The van der Waals surface area contributed by atoms with Crippen molar-refractivity contribution in [2.45, 2.75) is 44.2 Å². The number of carbonyl (C=O) groups is 1. The molecule has 5 nitrogen and oxygen atoms in total. The monoisotopic (exact) mass is 244 g/mol. The Morgan fingerprint density at radius 2 is 2.06 bits per heavy atom. The second-order valence-electron chi connectivity index (χ2n) is 4.52. The van der Waals surface area contributed by atoms with Crippen molar-refractivity contribution in [2.75, 3.05) is 26.9 Å². The molecule has 100 valence electrons. The van der Waals surface area contributed by atoms with Gasteiger partial charge in [-0.25, -0.2) is 0 Å². The van der Waals surface area contributed by atoms with Gasteiger partial charge in [0.05, 0.1) is 13.2 Å². The fourth-order valence-corrected chi connectivity index (χ4v) is 2.07. The molecule has 1 saturated carbocycles. The molecular weight excluding hydrogens is 220 g/mol. The van der Waals surface area contributed by atoms with Crippen molar-refractivity contribution in [1.82, 2.24) is 5.32 Å². The number of rotatable bonds is 6. The number of amides is 1. The van der Waals surface area contributed by atoms with Gasteiger partial charge in [-0.2, -0.15) is 0 Å². The Morgan fingerprint density at radius 3 is 2.82 bits per heavy atom. The Balaban J connectivity index is 2.19. The highest BCUT2D eigenvalue weighted by atomic mass is 16.5. The fraction of sp³-hybridized carbons (Fsp3) is 0.917. The van der Waals surface area contributed by atoms with Crippen LogP contribution in [0.2, 0.25) is 0 Å². The predicted octanol–water partition coefficient (Wildman–Crippen LogP) is 0.426. The van der Waals surface area contributed by atoms with Crippen LogP contribution in [0, 0.1) is 0 Å². The zero-order valence-corrected chi connectivity index (χ0v) is 10.6. The standard InChI is InChI=1S/C12H24N2O3/c1-16-7-8-17-9-12(15)14-11-6-4-2-3-5-10(11)13/h10-11H,2-9,13H2,1H3,(H,14,15). The van der Waals surface area contributed by atoms with Gasteiger partial charge >= 0.3 is 0 Å². The van der Waals surface area contributed by atoms with Gasteiger partial charge in [-0.3, -0.25) is 4.79 Å². The van der Waals surface area contributed by atoms with Crippen LogP contribution in [0.1, 0.15) is 32.1 Å². The lowest BCUT2D eigenvalue weighted by Gasteiger charge is -2.22. The van der Waals surface area contributed by atoms with Gasteiger partial charge in [0.1, 0.15) is 6.61 Å². The van der Waals surface area contributed by atoms with Crippen LogP contribution in [0.4, 0.5) is 0 Å². The summed E-state index contributed by atoms with van der Waals surface area (Å²) < 4.78 is 10.00. The third-order valence-electron chi connectivity index (χ3n) is 3.08. The lowest BCUT2D eigenvalue weighted by molar-refractivity contribution is -0.127. The molecule has 2 unspecified atom stereocenters. The minimum atomic E-state index is -0.0801. The molecular formula is C12H24N2O3. The fourth-order valence-electron chi connectivity index (χ4n) is 2.07. The summed E-state index contributed by atoms with van der Waals surface area (Å²) in [4.78, 5) is 11.6. The highest BCUT2D eigenvalue weighted by Crippen LogP contribution is 2.16. The van der Waals surface area contributed by atoms with E-state index in [2.05, 4.69) is 5.32 Å². The van der Waals surface area contributed by atoms with E-state index in [9.17, 15) is 4.79 Å². The van der Waals surface area contributed by atoms with Gasteiger partial charge in [-0.1, -0.05) is 19.3 Å². The lowest BCUT2D eigenvalue weighted by atomic mass is 10.0. The van der Waals surface area contributed by atoms with Crippen molar-refractivity contribution in [3.63, 3.8) is 0 Å². The van der Waals surface area contributed by atoms with Crippen molar-refractivity contribution in [3.8, 4) is 0 Å². The molecule has 17 heavy (non-hydrogen) atoms. The molecule has 1 aliphatic rings. The van der Waals surface area contributed by atoms with E-state index in [1.807, 2.05) is 0 Å². The molecule has 1 amide bonds. The van der Waals surface area contributed by atoms with Gasteiger partial charge in [-0.15, -0.1) is 0 Å². The largest absolute Gasteiger partial charge is 0.382 e. The van der Waals surface area contributed by atoms with Crippen LogP contribution in [0.5, 0.6) is 0 Å². The first-order chi connectivity index (χ1) is 8.24. The maximum atomic E-state index is 11.6. The second kappa shape index (κ2) is 8.44. The molecule has 0 bridgehead atoms. The molecule has 5 heteroatoms.